The van der Waals surface area contributed by atoms with Gasteiger partial charge in [-0.25, -0.2) is 0 Å². The van der Waals surface area contributed by atoms with Crippen molar-refractivity contribution in [2.45, 2.75) is 37.8 Å². The lowest BCUT2D eigenvalue weighted by molar-refractivity contribution is 0.0767. The molecule has 1 aliphatic carbocycles. The van der Waals surface area contributed by atoms with Gasteiger partial charge in [-0.1, -0.05) is 18.2 Å². The van der Waals surface area contributed by atoms with E-state index in [1.165, 1.54) is 0 Å². The van der Waals surface area contributed by atoms with E-state index in [-0.39, 0.29) is 11.4 Å². The number of nitrogens with zero attached hydrogens (tertiary/aromatic N) is 1. The summed E-state index contributed by atoms with van der Waals surface area (Å²) in [6.07, 6.45) is 2.94. The molecule has 0 radical (unpaired) electrons. The number of fused-ring (bicyclic) bond motifs is 1. The highest BCUT2D eigenvalue weighted by Gasteiger charge is 2.48. The average Bonchev–Trinajstić information content (AvgIpc) is 3.53. The number of benzene rings is 2. The number of hydrogen-bond acceptors (Lipinski definition) is 5. The summed E-state index contributed by atoms with van der Waals surface area (Å²) in [6, 6.07) is 12.1. The van der Waals surface area contributed by atoms with Crippen LogP contribution in [-0.2, 0) is 5.54 Å². The van der Waals surface area contributed by atoms with Crippen molar-refractivity contribution in [1.82, 2.24) is 10.2 Å². The summed E-state index contributed by atoms with van der Waals surface area (Å²) in [5.74, 6) is 2.18. The van der Waals surface area contributed by atoms with Gasteiger partial charge in [-0.15, -0.1) is 0 Å². The van der Waals surface area contributed by atoms with Crippen LogP contribution in [0.5, 0.6) is 17.2 Å². The predicted octanol–water partition coefficient (Wildman–Crippen LogP) is 3.27. The van der Waals surface area contributed by atoms with Crippen molar-refractivity contribution in [1.29, 1.82) is 0 Å². The molecule has 1 saturated carbocycles. The van der Waals surface area contributed by atoms with E-state index in [9.17, 15) is 4.79 Å². The molecule has 1 amide bonds. The van der Waals surface area contributed by atoms with Gasteiger partial charge in [0.25, 0.3) is 5.91 Å². The molecule has 1 unspecified atom stereocenters. The molecule has 6 nitrogen and oxygen atoms in total. The average molecular weight is 408 g/mol. The van der Waals surface area contributed by atoms with Gasteiger partial charge in [0.2, 0.25) is 0 Å². The number of rotatable bonds is 6. The molecule has 5 rings (SSSR count). The summed E-state index contributed by atoms with van der Waals surface area (Å²) in [4.78, 5) is 15.5. The van der Waals surface area contributed by atoms with E-state index in [1.54, 1.807) is 0 Å². The molecule has 2 heterocycles. The highest BCUT2D eigenvalue weighted by atomic mass is 16.6. The van der Waals surface area contributed by atoms with Crippen LogP contribution in [0.1, 0.15) is 40.7 Å². The third-order valence-corrected chi connectivity index (χ3v) is 6.52. The van der Waals surface area contributed by atoms with Gasteiger partial charge in [-0.3, -0.25) is 9.69 Å². The number of para-hydroxylation sites is 1. The van der Waals surface area contributed by atoms with Gasteiger partial charge in [0.1, 0.15) is 25.6 Å². The number of aryl methyl sites for hydroxylation is 1. The van der Waals surface area contributed by atoms with Crippen molar-refractivity contribution < 1.29 is 19.0 Å². The van der Waals surface area contributed by atoms with Gasteiger partial charge in [-0.05, 0) is 63.5 Å². The van der Waals surface area contributed by atoms with Crippen LogP contribution >= 0.6 is 0 Å². The normalized spacial score (nSPS) is 21.5. The summed E-state index contributed by atoms with van der Waals surface area (Å²) in [5.41, 5.74) is 2.21. The molecule has 0 aromatic heterocycles. The third kappa shape index (κ3) is 3.49. The first-order valence-electron chi connectivity index (χ1n) is 10.7. The second kappa shape index (κ2) is 7.51. The minimum atomic E-state index is -0.388. The van der Waals surface area contributed by atoms with Crippen LogP contribution in [0.25, 0.3) is 0 Å². The van der Waals surface area contributed by atoms with E-state index in [0.29, 0.717) is 31.4 Å². The number of likely N-dealkylation sites (tertiary alicyclic amines) is 1. The highest BCUT2D eigenvalue weighted by Crippen LogP contribution is 2.52. The number of amides is 1. The summed E-state index contributed by atoms with van der Waals surface area (Å²) < 4.78 is 17.6. The van der Waals surface area contributed by atoms with Crippen molar-refractivity contribution in [2.24, 2.45) is 0 Å². The van der Waals surface area contributed by atoms with E-state index in [1.807, 2.05) is 43.3 Å². The number of carbonyl (C=O) groups is 1. The van der Waals surface area contributed by atoms with E-state index in [4.69, 9.17) is 14.2 Å². The number of hydrogen-bond donors (Lipinski definition) is 1. The topological polar surface area (TPSA) is 60.0 Å². The highest BCUT2D eigenvalue weighted by molar-refractivity contribution is 5.97. The van der Waals surface area contributed by atoms with Gasteiger partial charge < -0.3 is 19.5 Å². The van der Waals surface area contributed by atoms with E-state index in [0.717, 1.165) is 54.2 Å². The molecule has 30 heavy (non-hydrogen) atoms. The van der Waals surface area contributed by atoms with E-state index < -0.39 is 0 Å². The lowest BCUT2D eigenvalue weighted by Gasteiger charge is -2.37. The molecule has 2 aromatic carbocycles. The number of nitrogens with one attached hydrogen (secondary N) is 1. The predicted molar refractivity (Wildman–Crippen MR) is 114 cm³/mol. The molecule has 2 aromatic rings. The maximum absolute atomic E-state index is 13.2. The minimum absolute atomic E-state index is 0.0782. The lowest BCUT2D eigenvalue weighted by Crippen LogP contribution is -2.48. The first-order chi connectivity index (χ1) is 14.6. The van der Waals surface area contributed by atoms with Crippen LogP contribution in [0.2, 0.25) is 0 Å². The fourth-order valence-corrected chi connectivity index (χ4v) is 4.23. The lowest BCUT2D eigenvalue weighted by atomic mass is 10.0. The van der Waals surface area contributed by atoms with Crippen molar-refractivity contribution in [3.63, 3.8) is 0 Å². The summed E-state index contributed by atoms with van der Waals surface area (Å²) in [5, 5.41) is 3.27. The molecule has 3 aliphatic rings. The fourth-order valence-electron chi connectivity index (χ4n) is 4.23. The molecule has 6 heteroatoms. The summed E-state index contributed by atoms with van der Waals surface area (Å²) in [6.45, 7) is 4.81. The van der Waals surface area contributed by atoms with Gasteiger partial charge in [0.15, 0.2) is 11.5 Å². The summed E-state index contributed by atoms with van der Waals surface area (Å²) >= 11 is 0. The zero-order chi connectivity index (χ0) is 20.7. The Kier molecular flexibility index (Phi) is 4.82. The van der Waals surface area contributed by atoms with Crippen molar-refractivity contribution >= 4 is 5.91 Å². The Bertz CT molecular complexity index is 970. The second-order valence-electron chi connectivity index (χ2n) is 8.58. The van der Waals surface area contributed by atoms with Gasteiger partial charge >= 0.3 is 0 Å². The largest absolute Gasteiger partial charge is 0.492 e. The van der Waals surface area contributed by atoms with Crippen molar-refractivity contribution in [3.8, 4) is 17.2 Å². The fraction of sp³-hybridized carbons (Fsp3) is 0.458. The molecule has 158 valence electrons. The Morgan fingerprint density at radius 2 is 2.07 bits per heavy atom. The molecule has 0 spiro atoms. The monoisotopic (exact) mass is 408 g/mol. The zero-order valence-electron chi connectivity index (χ0n) is 17.6. The molecule has 2 aliphatic heterocycles. The quantitative estimate of drug-likeness (QED) is 0.795. The molecular formula is C24H28N2O4. The number of ether oxygens (including phenoxy) is 3. The van der Waals surface area contributed by atoms with Crippen LogP contribution in [0.4, 0.5) is 0 Å². The SMILES string of the molecule is Cc1ccc(OCC2CCN2C)cc1C(=O)NC1(c2cccc3c2OCCO3)CC1. The molecule has 1 saturated heterocycles. The third-order valence-electron chi connectivity index (χ3n) is 6.52. The van der Waals surface area contributed by atoms with Crippen molar-refractivity contribution in [2.75, 3.05) is 33.4 Å². The van der Waals surface area contributed by atoms with Crippen molar-refractivity contribution in [3.05, 3.63) is 53.1 Å². The molecule has 0 bridgehead atoms. The molecule has 1 atom stereocenters. The maximum atomic E-state index is 13.2. The second-order valence-corrected chi connectivity index (χ2v) is 8.58. The number of likely N-dealkylation sites (N-methyl/N-ethyl adjacent to an activating group) is 1. The van der Waals surface area contributed by atoms with Crippen LogP contribution in [0.15, 0.2) is 36.4 Å². The molecular weight excluding hydrogens is 380 g/mol. The first kappa shape index (κ1) is 19.2. The first-order valence-corrected chi connectivity index (χ1v) is 10.7. The zero-order valence-corrected chi connectivity index (χ0v) is 17.6. The maximum Gasteiger partial charge on any atom is 0.252 e. The van der Waals surface area contributed by atoms with Gasteiger partial charge in [-0.2, -0.15) is 0 Å². The Balaban J connectivity index is 1.33. The van der Waals surface area contributed by atoms with Gasteiger partial charge in [0, 0.05) is 17.2 Å². The summed E-state index contributed by atoms with van der Waals surface area (Å²) in [7, 11) is 2.11. The van der Waals surface area contributed by atoms with Crippen LogP contribution in [0, 0.1) is 6.92 Å². The Labute approximate surface area is 177 Å². The van der Waals surface area contributed by atoms with E-state index >= 15 is 0 Å². The Morgan fingerprint density at radius 1 is 1.23 bits per heavy atom. The smallest absolute Gasteiger partial charge is 0.252 e. The Hall–Kier alpha value is -2.73. The standard InChI is InChI=1S/C24H28N2O4/c1-16-6-7-18(30-15-17-8-11-26(17)2)14-19(16)23(27)25-24(9-10-24)20-4-3-5-21-22(20)29-13-12-28-21/h3-7,14,17H,8-13,15H2,1-2H3,(H,25,27). The molecule has 1 N–H and O–H groups in total. The van der Waals surface area contributed by atoms with Gasteiger partial charge in [0.05, 0.1) is 5.54 Å². The van der Waals surface area contributed by atoms with Crippen LogP contribution in [-0.4, -0.2) is 50.3 Å². The van der Waals surface area contributed by atoms with E-state index in [2.05, 4.69) is 17.3 Å². The minimum Gasteiger partial charge on any atom is -0.492 e. The van der Waals surface area contributed by atoms with Crippen LogP contribution < -0.4 is 19.5 Å². The molecule has 2 fully saturated rings. The van der Waals surface area contributed by atoms with Crippen LogP contribution in [0.3, 0.4) is 0 Å². The Morgan fingerprint density at radius 3 is 2.80 bits per heavy atom. The number of carbonyl (C=O) groups excluding carboxylic acids is 1.